The third-order valence-electron chi connectivity index (χ3n) is 4.61. The number of hydrogen-bond donors (Lipinski definition) is 1. The SMILES string of the molecule is C=CCn1c(CSCc2ccc(F)cc2)nnc1SCC(=O)Nc1c(C)cc(I)cc1C. The van der Waals surface area contributed by atoms with Crippen LogP contribution < -0.4 is 5.32 Å². The first-order chi connectivity index (χ1) is 15.4. The maximum atomic E-state index is 13.1. The van der Waals surface area contributed by atoms with Crippen LogP contribution in [0.15, 0.2) is 54.2 Å². The molecule has 0 aliphatic rings. The number of rotatable bonds is 10. The van der Waals surface area contributed by atoms with E-state index in [0.29, 0.717) is 17.5 Å². The molecule has 1 aromatic heterocycles. The molecule has 0 saturated carbocycles. The lowest BCUT2D eigenvalue weighted by molar-refractivity contribution is -0.113. The molecule has 168 valence electrons. The number of aromatic nitrogens is 3. The molecular weight excluding hydrogens is 558 g/mol. The minimum atomic E-state index is -0.234. The highest BCUT2D eigenvalue weighted by molar-refractivity contribution is 14.1. The predicted molar refractivity (Wildman–Crippen MR) is 140 cm³/mol. The van der Waals surface area contributed by atoms with Gasteiger partial charge in [0, 0.05) is 21.6 Å². The van der Waals surface area contributed by atoms with E-state index in [0.717, 1.165) is 37.5 Å². The average molecular weight is 583 g/mol. The van der Waals surface area contributed by atoms with Gasteiger partial charge in [-0.1, -0.05) is 30.0 Å². The monoisotopic (exact) mass is 582 g/mol. The zero-order chi connectivity index (χ0) is 23.1. The second kappa shape index (κ2) is 11.9. The summed E-state index contributed by atoms with van der Waals surface area (Å²) in [5, 5.41) is 12.3. The minimum absolute atomic E-state index is 0.0807. The number of carbonyl (C=O) groups excluding carboxylic acids is 1. The van der Waals surface area contributed by atoms with E-state index in [2.05, 4.69) is 44.7 Å². The number of nitrogens with zero attached hydrogens (tertiary/aromatic N) is 3. The third kappa shape index (κ3) is 6.82. The summed E-state index contributed by atoms with van der Waals surface area (Å²) >= 11 is 5.31. The Hall–Kier alpha value is -1.85. The van der Waals surface area contributed by atoms with Gasteiger partial charge in [0.2, 0.25) is 5.91 Å². The quantitative estimate of drug-likeness (QED) is 0.181. The number of thioether (sulfide) groups is 2. The molecule has 0 fully saturated rings. The van der Waals surface area contributed by atoms with E-state index < -0.39 is 0 Å². The first-order valence-electron chi connectivity index (χ1n) is 9.92. The fraction of sp³-hybridized carbons (Fsp3) is 0.261. The Morgan fingerprint density at radius 1 is 1.19 bits per heavy atom. The van der Waals surface area contributed by atoms with Gasteiger partial charge in [0.05, 0.1) is 11.5 Å². The molecule has 1 heterocycles. The standard InChI is InChI=1S/C23H24FIN4OS2/c1-4-9-29-20(13-31-12-17-5-7-18(24)8-6-17)27-28-23(29)32-14-21(30)26-22-15(2)10-19(25)11-16(22)3/h4-8,10-11H,1,9,12-14H2,2-3H3,(H,26,30). The zero-order valence-corrected chi connectivity index (χ0v) is 21.7. The number of benzene rings is 2. The highest BCUT2D eigenvalue weighted by Gasteiger charge is 2.15. The number of amides is 1. The maximum Gasteiger partial charge on any atom is 0.234 e. The Bertz CT molecular complexity index is 1080. The Balaban J connectivity index is 1.59. The van der Waals surface area contributed by atoms with Gasteiger partial charge in [-0.05, 0) is 77.4 Å². The van der Waals surface area contributed by atoms with Crippen molar-refractivity contribution in [3.8, 4) is 0 Å². The predicted octanol–water partition coefficient (Wildman–Crippen LogP) is 5.99. The van der Waals surface area contributed by atoms with Crippen LogP contribution in [0.4, 0.5) is 10.1 Å². The van der Waals surface area contributed by atoms with Crippen molar-refractivity contribution >= 4 is 57.7 Å². The summed E-state index contributed by atoms with van der Waals surface area (Å²) in [5.74, 6) is 2.16. The highest BCUT2D eigenvalue weighted by atomic mass is 127. The van der Waals surface area contributed by atoms with Crippen LogP contribution in [0, 0.1) is 23.2 Å². The van der Waals surface area contributed by atoms with Gasteiger partial charge in [-0.3, -0.25) is 4.79 Å². The molecule has 0 bridgehead atoms. The van der Waals surface area contributed by atoms with Gasteiger partial charge in [0.1, 0.15) is 11.6 Å². The van der Waals surface area contributed by atoms with E-state index in [1.54, 1.807) is 30.0 Å². The lowest BCUT2D eigenvalue weighted by atomic mass is 10.1. The van der Waals surface area contributed by atoms with Crippen molar-refractivity contribution in [2.45, 2.75) is 37.1 Å². The normalized spacial score (nSPS) is 10.9. The molecule has 0 aliphatic heterocycles. The van der Waals surface area contributed by atoms with Crippen LogP contribution in [0.3, 0.4) is 0 Å². The van der Waals surface area contributed by atoms with Crippen molar-refractivity contribution in [1.29, 1.82) is 0 Å². The molecule has 0 spiro atoms. The summed E-state index contributed by atoms with van der Waals surface area (Å²) in [4.78, 5) is 12.6. The van der Waals surface area contributed by atoms with Gasteiger partial charge in [-0.2, -0.15) is 0 Å². The zero-order valence-electron chi connectivity index (χ0n) is 17.9. The first-order valence-corrected chi connectivity index (χ1v) is 13.1. The van der Waals surface area contributed by atoms with Gasteiger partial charge < -0.3 is 9.88 Å². The fourth-order valence-corrected chi connectivity index (χ4v) is 5.73. The average Bonchev–Trinajstić information content (AvgIpc) is 3.12. The summed E-state index contributed by atoms with van der Waals surface area (Å²) in [5.41, 5.74) is 4.01. The number of allylic oxidation sites excluding steroid dienone is 1. The molecule has 9 heteroatoms. The fourth-order valence-electron chi connectivity index (χ4n) is 3.10. The second-order valence-corrected chi connectivity index (χ2v) is 10.3. The summed E-state index contributed by atoms with van der Waals surface area (Å²) in [6.07, 6.45) is 1.79. The highest BCUT2D eigenvalue weighted by Crippen LogP contribution is 2.25. The summed E-state index contributed by atoms with van der Waals surface area (Å²) in [7, 11) is 0. The Kier molecular flexibility index (Phi) is 9.18. The van der Waals surface area contributed by atoms with Crippen LogP contribution in [0.5, 0.6) is 0 Å². The second-order valence-electron chi connectivity index (χ2n) is 7.17. The third-order valence-corrected chi connectivity index (χ3v) is 7.20. The van der Waals surface area contributed by atoms with Crippen molar-refractivity contribution < 1.29 is 9.18 Å². The van der Waals surface area contributed by atoms with Gasteiger partial charge >= 0.3 is 0 Å². The Morgan fingerprint density at radius 2 is 1.88 bits per heavy atom. The van der Waals surface area contributed by atoms with Crippen molar-refractivity contribution in [2.24, 2.45) is 0 Å². The molecule has 3 aromatic rings. The molecule has 0 aliphatic carbocycles. The summed E-state index contributed by atoms with van der Waals surface area (Å²) in [6.45, 7) is 8.38. The summed E-state index contributed by atoms with van der Waals surface area (Å²) in [6, 6.07) is 10.6. The molecule has 2 aromatic carbocycles. The van der Waals surface area contributed by atoms with Gasteiger partial charge in [-0.15, -0.1) is 28.5 Å². The Labute approximate surface area is 209 Å². The van der Waals surface area contributed by atoms with Crippen LogP contribution in [0.25, 0.3) is 0 Å². The van der Waals surface area contributed by atoms with Crippen LogP contribution in [-0.2, 0) is 22.8 Å². The topological polar surface area (TPSA) is 59.8 Å². The Morgan fingerprint density at radius 3 is 2.53 bits per heavy atom. The largest absolute Gasteiger partial charge is 0.325 e. The number of anilines is 1. The smallest absolute Gasteiger partial charge is 0.234 e. The molecular formula is C23H24FIN4OS2. The molecule has 3 rings (SSSR count). The lowest BCUT2D eigenvalue weighted by Crippen LogP contribution is -2.16. The minimum Gasteiger partial charge on any atom is -0.325 e. The van der Waals surface area contributed by atoms with E-state index in [4.69, 9.17) is 0 Å². The molecule has 0 atom stereocenters. The molecule has 5 nitrogen and oxygen atoms in total. The molecule has 0 radical (unpaired) electrons. The molecule has 1 N–H and O–H groups in total. The number of aryl methyl sites for hydroxylation is 2. The van der Waals surface area contributed by atoms with Crippen LogP contribution >= 0.6 is 46.1 Å². The molecule has 32 heavy (non-hydrogen) atoms. The molecule has 1 amide bonds. The van der Waals surface area contributed by atoms with E-state index in [1.807, 2.05) is 30.5 Å². The van der Waals surface area contributed by atoms with Crippen molar-refractivity contribution in [2.75, 3.05) is 11.1 Å². The van der Waals surface area contributed by atoms with Gasteiger partial charge in [-0.25, -0.2) is 4.39 Å². The van der Waals surface area contributed by atoms with E-state index in [-0.39, 0.29) is 17.5 Å². The van der Waals surface area contributed by atoms with Crippen molar-refractivity contribution in [3.05, 3.63) is 81.0 Å². The van der Waals surface area contributed by atoms with E-state index in [1.165, 1.54) is 23.9 Å². The number of hydrogen-bond acceptors (Lipinski definition) is 5. The lowest BCUT2D eigenvalue weighted by Gasteiger charge is -2.12. The van der Waals surface area contributed by atoms with E-state index in [9.17, 15) is 9.18 Å². The molecule has 0 unspecified atom stereocenters. The summed E-state index contributed by atoms with van der Waals surface area (Å²) < 4.78 is 16.2. The van der Waals surface area contributed by atoms with Crippen molar-refractivity contribution in [3.63, 3.8) is 0 Å². The maximum absolute atomic E-state index is 13.1. The van der Waals surface area contributed by atoms with Gasteiger partial charge in [0.25, 0.3) is 0 Å². The van der Waals surface area contributed by atoms with E-state index >= 15 is 0 Å². The van der Waals surface area contributed by atoms with Crippen molar-refractivity contribution in [1.82, 2.24) is 14.8 Å². The van der Waals surface area contributed by atoms with Gasteiger partial charge in [0.15, 0.2) is 5.16 Å². The van der Waals surface area contributed by atoms with Crippen LogP contribution in [0.1, 0.15) is 22.5 Å². The number of halogens is 2. The van der Waals surface area contributed by atoms with Crippen LogP contribution in [0.2, 0.25) is 0 Å². The molecule has 0 saturated heterocycles. The number of nitrogens with one attached hydrogen (secondary N) is 1. The van der Waals surface area contributed by atoms with Crippen LogP contribution in [-0.4, -0.2) is 26.4 Å². The number of carbonyl (C=O) groups is 1. The first kappa shape index (κ1) is 24.8.